The van der Waals surface area contributed by atoms with Gasteiger partial charge in [-0.3, -0.25) is 0 Å². The Hall–Kier alpha value is -0.980. The lowest BCUT2D eigenvalue weighted by atomic mass is 10.3. The summed E-state index contributed by atoms with van der Waals surface area (Å²) < 4.78 is 0. The van der Waals surface area contributed by atoms with Crippen molar-refractivity contribution in [3.05, 3.63) is 27.7 Å². The smallest absolute Gasteiger partial charge is 0.185 e. The molecule has 0 fully saturated rings. The Bertz CT molecular complexity index is 466. The molecule has 0 saturated heterocycles. The Morgan fingerprint density at radius 3 is 2.94 bits per heavy atom. The number of hydrogen-bond donors (Lipinski definition) is 1. The van der Waals surface area contributed by atoms with Crippen LogP contribution in [0.2, 0.25) is 0 Å². The molecule has 0 amide bonds. The molecule has 4 nitrogen and oxygen atoms in total. The van der Waals surface area contributed by atoms with Gasteiger partial charge in [-0.2, -0.15) is 0 Å². The zero-order valence-electron chi connectivity index (χ0n) is 10.9. The number of rotatable bonds is 6. The molecular formula is C12H18N4S2. The van der Waals surface area contributed by atoms with Gasteiger partial charge in [0, 0.05) is 29.5 Å². The maximum atomic E-state index is 4.48. The second-order valence-electron chi connectivity index (χ2n) is 4.16. The van der Waals surface area contributed by atoms with Crippen molar-refractivity contribution < 1.29 is 0 Å². The Morgan fingerprint density at radius 1 is 1.44 bits per heavy atom. The molecule has 18 heavy (non-hydrogen) atoms. The van der Waals surface area contributed by atoms with Crippen LogP contribution in [0.5, 0.6) is 0 Å². The fraction of sp³-hybridized carbons (Fsp3) is 0.500. The number of nitrogens with zero attached hydrogens (tertiary/aromatic N) is 3. The highest BCUT2D eigenvalue weighted by Crippen LogP contribution is 2.27. The van der Waals surface area contributed by atoms with Gasteiger partial charge in [-0.1, -0.05) is 6.92 Å². The van der Waals surface area contributed by atoms with E-state index in [0.717, 1.165) is 23.9 Å². The van der Waals surface area contributed by atoms with Gasteiger partial charge >= 0.3 is 0 Å². The quantitative estimate of drug-likeness (QED) is 0.884. The molecule has 0 aliphatic rings. The van der Waals surface area contributed by atoms with Gasteiger partial charge in [0.1, 0.15) is 0 Å². The van der Waals surface area contributed by atoms with Crippen molar-refractivity contribution in [2.75, 3.05) is 18.5 Å². The van der Waals surface area contributed by atoms with Gasteiger partial charge in [0.2, 0.25) is 0 Å². The molecule has 0 saturated carbocycles. The highest BCUT2D eigenvalue weighted by molar-refractivity contribution is 7.15. The van der Waals surface area contributed by atoms with E-state index in [-0.39, 0.29) is 0 Å². The van der Waals surface area contributed by atoms with Crippen LogP contribution in [0.3, 0.4) is 0 Å². The zero-order valence-corrected chi connectivity index (χ0v) is 12.5. The average molecular weight is 282 g/mol. The van der Waals surface area contributed by atoms with Crippen LogP contribution in [0.4, 0.5) is 5.13 Å². The van der Waals surface area contributed by atoms with Gasteiger partial charge in [0.15, 0.2) is 5.13 Å². The summed E-state index contributed by atoms with van der Waals surface area (Å²) >= 11 is 3.37. The minimum Gasteiger partial charge on any atom is -0.345 e. The lowest BCUT2D eigenvalue weighted by Gasteiger charge is -2.14. The summed E-state index contributed by atoms with van der Waals surface area (Å²) in [5.74, 6) is 0. The van der Waals surface area contributed by atoms with Gasteiger partial charge in [-0.25, -0.2) is 9.97 Å². The van der Waals surface area contributed by atoms with Crippen LogP contribution in [-0.4, -0.2) is 23.6 Å². The molecule has 98 valence electrons. The normalized spacial score (nSPS) is 12.6. The van der Waals surface area contributed by atoms with Crippen LogP contribution in [0.25, 0.3) is 0 Å². The third-order valence-corrected chi connectivity index (χ3v) is 4.59. The summed E-state index contributed by atoms with van der Waals surface area (Å²) in [5, 5.41) is 6.52. The van der Waals surface area contributed by atoms with E-state index in [1.54, 1.807) is 22.7 Å². The van der Waals surface area contributed by atoms with Crippen molar-refractivity contribution in [1.82, 2.24) is 15.3 Å². The highest BCUT2D eigenvalue weighted by Gasteiger charge is 2.12. The molecule has 0 spiro atoms. The van der Waals surface area contributed by atoms with Gasteiger partial charge < -0.3 is 10.2 Å². The van der Waals surface area contributed by atoms with Gasteiger partial charge in [-0.05, 0) is 13.5 Å². The van der Waals surface area contributed by atoms with Gasteiger partial charge in [0.25, 0.3) is 0 Å². The molecule has 2 aromatic heterocycles. The molecule has 2 rings (SSSR count). The molecule has 1 unspecified atom stereocenters. The first-order valence-electron chi connectivity index (χ1n) is 5.98. The summed E-state index contributed by atoms with van der Waals surface area (Å²) in [6, 6.07) is 0.369. The van der Waals surface area contributed by atoms with Crippen molar-refractivity contribution in [2.45, 2.75) is 26.4 Å². The monoisotopic (exact) mass is 282 g/mol. The SMILES string of the molecule is CCNC(C)c1cnc(N(C)Cc2cscn2)s1. The molecular weight excluding hydrogens is 264 g/mol. The molecule has 2 aromatic rings. The Kier molecular flexibility index (Phi) is 4.68. The number of nitrogens with one attached hydrogen (secondary N) is 1. The number of anilines is 1. The Balaban J connectivity index is 2.00. The van der Waals surface area contributed by atoms with E-state index in [0.29, 0.717) is 6.04 Å². The summed E-state index contributed by atoms with van der Waals surface area (Å²) in [6.45, 7) is 6.07. The molecule has 0 aliphatic carbocycles. The summed E-state index contributed by atoms with van der Waals surface area (Å²) in [7, 11) is 2.06. The summed E-state index contributed by atoms with van der Waals surface area (Å²) in [4.78, 5) is 12.2. The molecule has 0 aliphatic heterocycles. The largest absolute Gasteiger partial charge is 0.345 e. The molecule has 0 bridgehead atoms. The van der Waals surface area contributed by atoms with Crippen LogP contribution in [0.1, 0.15) is 30.5 Å². The third-order valence-electron chi connectivity index (χ3n) is 2.66. The number of hydrogen-bond acceptors (Lipinski definition) is 6. The molecule has 0 radical (unpaired) electrons. The minimum absolute atomic E-state index is 0.369. The van der Waals surface area contributed by atoms with Crippen LogP contribution in [0, 0.1) is 0 Å². The highest BCUT2D eigenvalue weighted by atomic mass is 32.1. The third kappa shape index (κ3) is 3.28. The van der Waals surface area contributed by atoms with E-state index >= 15 is 0 Å². The van der Waals surface area contributed by atoms with Crippen LogP contribution in [-0.2, 0) is 6.54 Å². The standard InChI is InChI=1S/C12H18N4S2/c1-4-13-9(2)11-5-14-12(18-11)16(3)6-10-7-17-8-15-10/h5,7-9,13H,4,6H2,1-3H3. The Morgan fingerprint density at radius 2 is 2.28 bits per heavy atom. The molecule has 1 atom stereocenters. The van der Waals surface area contributed by atoms with E-state index in [4.69, 9.17) is 0 Å². The fourth-order valence-electron chi connectivity index (χ4n) is 1.69. The van der Waals surface area contributed by atoms with E-state index in [9.17, 15) is 0 Å². The van der Waals surface area contributed by atoms with Crippen molar-refractivity contribution in [3.63, 3.8) is 0 Å². The van der Waals surface area contributed by atoms with E-state index in [2.05, 4.69) is 46.5 Å². The van der Waals surface area contributed by atoms with E-state index < -0.39 is 0 Å². The number of thiazole rings is 2. The molecule has 2 heterocycles. The lowest BCUT2D eigenvalue weighted by molar-refractivity contribution is 0.606. The predicted octanol–water partition coefficient (Wildman–Crippen LogP) is 2.91. The van der Waals surface area contributed by atoms with E-state index in [1.807, 2.05) is 11.7 Å². The average Bonchev–Trinajstić information content (AvgIpc) is 2.99. The minimum atomic E-state index is 0.369. The summed E-state index contributed by atoms with van der Waals surface area (Å²) in [6.07, 6.45) is 1.96. The van der Waals surface area contributed by atoms with Crippen LogP contribution < -0.4 is 10.2 Å². The van der Waals surface area contributed by atoms with Crippen LogP contribution in [0.15, 0.2) is 17.1 Å². The first kappa shape index (κ1) is 13.5. The first-order valence-corrected chi connectivity index (χ1v) is 7.74. The lowest BCUT2D eigenvalue weighted by Crippen LogP contribution is -2.17. The summed E-state index contributed by atoms with van der Waals surface area (Å²) in [5.41, 5.74) is 2.96. The van der Waals surface area contributed by atoms with Gasteiger partial charge in [-0.15, -0.1) is 22.7 Å². The fourth-order valence-corrected chi connectivity index (χ4v) is 3.14. The maximum absolute atomic E-state index is 4.48. The maximum Gasteiger partial charge on any atom is 0.185 e. The second kappa shape index (κ2) is 6.26. The second-order valence-corrected chi connectivity index (χ2v) is 5.92. The molecule has 1 N–H and O–H groups in total. The molecule has 6 heteroatoms. The van der Waals surface area contributed by atoms with Crippen LogP contribution >= 0.6 is 22.7 Å². The number of aromatic nitrogens is 2. The topological polar surface area (TPSA) is 41.1 Å². The molecule has 0 aromatic carbocycles. The Labute approximate surface area is 116 Å². The van der Waals surface area contributed by atoms with E-state index in [1.165, 1.54) is 4.88 Å². The van der Waals surface area contributed by atoms with Gasteiger partial charge in [0.05, 0.1) is 17.7 Å². The predicted molar refractivity (Wildman–Crippen MR) is 78.4 cm³/mol. The van der Waals surface area contributed by atoms with Crippen molar-refractivity contribution in [1.29, 1.82) is 0 Å². The zero-order chi connectivity index (χ0) is 13.0. The van der Waals surface area contributed by atoms with Crippen molar-refractivity contribution >= 4 is 27.8 Å². The van der Waals surface area contributed by atoms with Crippen molar-refractivity contribution in [3.8, 4) is 0 Å². The first-order chi connectivity index (χ1) is 8.70. The van der Waals surface area contributed by atoms with Crippen molar-refractivity contribution in [2.24, 2.45) is 0 Å².